The number of piperazine rings is 1. The van der Waals surface area contributed by atoms with Gasteiger partial charge in [-0.2, -0.15) is 0 Å². The molecule has 0 radical (unpaired) electrons. The third kappa shape index (κ3) is 4.49. The SMILES string of the molecule is CCNC(=NCC1(CO)CC1)N1CCN(C(C)C(=O)N2CCCC2)CC1. The summed E-state index contributed by atoms with van der Waals surface area (Å²) in [6.07, 6.45) is 4.45. The van der Waals surface area contributed by atoms with Gasteiger partial charge in [-0.05, 0) is 39.5 Å². The van der Waals surface area contributed by atoms with E-state index in [2.05, 4.69) is 22.0 Å². The Kier molecular flexibility index (Phi) is 6.40. The number of nitrogens with zero attached hydrogens (tertiary/aromatic N) is 4. The average molecular weight is 366 g/mol. The van der Waals surface area contributed by atoms with Crippen molar-refractivity contribution in [1.82, 2.24) is 20.0 Å². The Labute approximate surface area is 157 Å². The monoisotopic (exact) mass is 365 g/mol. The molecule has 2 heterocycles. The number of guanidine groups is 1. The van der Waals surface area contributed by atoms with Gasteiger partial charge in [-0.15, -0.1) is 0 Å². The fourth-order valence-corrected chi connectivity index (χ4v) is 3.89. The molecule has 1 saturated carbocycles. The number of aliphatic imine (C=N–C) groups is 1. The fraction of sp³-hybridized carbons (Fsp3) is 0.895. The highest BCUT2D eigenvalue weighted by atomic mass is 16.3. The van der Waals surface area contributed by atoms with E-state index in [9.17, 15) is 9.90 Å². The second-order valence-electron chi connectivity index (χ2n) is 8.06. The van der Waals surface area contributed by atoms with Crippen LogP contribution in [0.25, 0.3) is 0 Å². The number of aliphatic hydroxyl groups excluding tert-OH is 1. The zero-order valence-corrected chi connectivity index (χ0v) is 16.4. The predicted molar refractivity (Wildman–Crippen MR) is 103 cm³/mol. The molecule has 3 aliphatic rings. The molecule has 0 aromatic carbocycles. The normalized spacial score (nSPS) is 24.7. The number of carbonyl (C=O) groups excluding carboxylic acids is 1. The van der Waals surface area contributed by atoms with Gasteiger partial charge >= 0.3 is 0 Å². The molecule has 0 bridgehead atoms. The van der Waals surface area contributed by atoms with E-state index >= 15 is 0 Å². The van der Waals surface area contributed by atoms with Crippen molar-refractivity contribution >= 4 is 11.9 Å². The van der Waals surface area contributed by atoms with Gasteiger partial charge in [0.05, 0.1) is 19.2 Å². The number of rotatable bonds is 6. The van der Waals surface area contributed by atoms with Gasteiger partial charge in [0.1, 0.15) is 0 Å². The van der Waals surface area contributed by atoms with Crippen LogP contribution in [0.5, 0.6) is 0 Å². The summed E-state index contributed by atoms with van der Waals surface area (Å²) < 4.78 is 0. The van der Waals surface area contributed by atoms with Gasteiger partial charge in [0.2, 0.25) is 5.91 Å². The first-order valence-electron chi connectivity index (χ1n) is 10.3. The summed E-state index contributed by atoms with van der Waals surface area (Å²) in [4.78, 5) is 24.0. The summed E-state index contributed by atoms with van der Waals surface area (Å²) in [6, 6.07) is -0.0288. The molecule has 1 unspecified atom stereocenters. The Hall–Kier alpha value is -1.34. The number of aliphatic hydroxyl groups is 1. The fourth-order valence-electron chi connectivity index (χ4n) is 3.89. The minimum absolute atomic E-state index is 0.0288. The van der Waals surface area contributed by atoms with Crippen molar-refractivity contribution < 1.29 is 9.90 Å². The second-order valence-corrected chi connectivity index (χ2v) is 8.06. The summed E-state index contributed by atoms with van der Waals surface area (Å²) in [5, 5.41) is 12.9. The predicted octanol–water partition coefficient (Wildman–Crippen LogP) is 0.353. The van der Waals surface area contributed by atoms with Gasteiger partial charge in [-0.25, -0.2) is 0 Å². The quantitative estimate of drug-likeness (QED) is 0.525. The van der Waals surface area contributed by atoms with Crippen LogP contribution in [0, 0.1) is 5.41 Å². The smallest absolute Gasteiger partial charge is 0.239 e. The van der Waals surface area contributed by atoms with E-state index < -0.39 is 0 Å². The maximum Gasteiger partial charge on any atom is 0.239 e. The highest BCUT2D eigenvalue weighted by molar-refractivity contribution is 5.82. The average Bonchev–Trinajstić information content (AvgIpc) is 3.25. The van der Waals surface area contributed by atoms with Crippen LogP contribution in [0.1, 0.15) is 39.5 Å². The molecule has 7 heteroatoms. The van der Waals surface area contributed by atoms with E-state index in [0.717, 1.165) is 77.5 Å². The van der Waals surface area contributed by atoms with E-state index in [4.69, 9.17) is 4.99 Å². The molecule has 0 aromatic rings. The largest absolute Gasteiger partial charge is 0.396 e. The third-order valence-corrected chi connectivity index (χ3v) is 6.13. The minimum Gasteiger partial charge on any atom is -0.396 e. The number of amides is 1. The minimum atomic E-state index is -0.0288. The number of hydrogen-bond donors (Lipinski definition) is 2. The molecule has 0 aromatic heterocycles. The number of carbonyl (C=O) groups is 1. The molecule has 3 rings (SSSR count). The Morgan fingerprint density at radius 3 is 2.31 bits per heavy atom. The number of nitrogens with one attached hydrogen (secondary N) is 1. The van der Waals surface area contributed by atoms with Crippen LogP contribution in [-0.4, -0.2) is 96.7 Å². The van der Waals surface area contributed by atoms with Crippen LogP contribution in [0.3, 0.4) is 0 Å². The molecule has 3 fully saturated rings. The van der Waals surface area contributed by atoms with Crippen molar-refractivity contribution in [2.45, 2.75) is 45.6 Å². The van der Waals surface area contributed by atoms with Crippen molar-refractivity contribution in [1.29, 1.82) is 0 Å². The topological polar surface area (TPSA) is 71.4 Å². The van der Waals surface area contributed by atoms with Gasteiger partial charge in [0.25, 0.3) is 0 Å². The van der Waals surface area contributed by atoms with E-state index in [0.29, 0.717) is 6.54 Å². The zero-order chi connectivity index (χ0) is 18.6. The second kappa shape index (κ2) is 8.57. The molecular weight excluding hydrogens is 330 g/mol. The molecule has 148 valence electrons. The van der Waals surface area contributed by atoms with Crippen molar-refractivity contribution in [3.8, 4) is 0 Å². The first-order valence-corrected chi connectivity index (χ1v) is 10.3. The Balaban J connectivity index is 1.52. The molecule has 1 aliphatic carbocycles. The van der Waals surface area contributed by atoms with Gasteiger partial charge in [-0.3, -0.25) is 14.7 Å². The summed E-state index contributed by atoms with van der Waals surface area (Å²) in [5.41, 5.74) is 0.0408. The molecule has 26 heavy (non-hydrogen) atoms. The molecule has 2 saturated heterocycles. The van der Waals surface area contributed by atoms with Gasteiger partial charge in [0, 0.05) is 51.2 Å². The Morgan fingerprint density at radius 2 is 1.77 bits per heavy atom. The molecule has 1 atom stereocenters. The van der Waals surface area contributed by atoms with Gasteiger partial charge in [0.15, 0.2) is 5.96 Å². The molecule has 7 nitrogen and oxygen atoms in total. The number of hydrogen-bond acceptors (Lipinski definition) is 4. The summed E-state index contributed by atoms with van der Waals surface area (Å²) in [6.45, 7) is 11.3. The van der Waals surface area contributed by atoms with Crippen LogP contribution in [-0.2, 0) is 4.79 Å². The summed E-state index contributed by atoms with van der Waals surface area (Å²) in [7, 11) is 0. The Morgan fingerprint density at radius 1 is 1.12 bits per heavy atom. The molecule has 0 spiro atoms. The summed E-state index contributed by atoms with van der Waals surface area (Å²) >= 11 is 0. The van der Waals surface area contributed by atoms with Crippen LogP contribution in [0.4, 0.5) is 0 Å². The van der Waals surface area contributed by atoms with Crippen LogP contribution < -0.4 is 5.32 Å². The molecule has 2 N–H and O–H groups in total. The lowest BCUT2D eigenvalue weighted by Crippen LogP contribution is -2.57. The van der Waals surface area contributed by atoms with Crippen molar-refractivity contribution in [2.75, 3.05) is 59.0 Å². The van der Waals surface area contributed by atoms with Crippen molar-refractivity contribution in [3.05, 3.63) is 0 Å². The molecule has 1 amide bonds. The van der Waals surface area contributed by atoms with Crippen molar-refractivity contribution in [2.24, 2.45) is 10.4 Å². The van der Waals surface area contributed by atoms with Crippen LogP contribution in [0.15, 0.2) is 4.99 Å². The Bertz CT molecular complexity index is 506. The standard InChI is InChI=1S/C19H35N5O2/c1-3-20-18(21-14-19(15-25)6-7-19)24-12-10-22(11-13-24)16(2)17(26)23-8-4-5-9-23/h16,25H,3-15H2,1-2H3,(H,20,21). The zero-order valence-electron chi connectivity index (χ0n) is 16.4. The first kappa shape index (κ1) is 19.4. The van der Waals surface area contributed by atoms with Gasteiger partial charge < -0.3 is 20.2 Å². The lowest BCUT2D eigenvalue weighted by molar-refractivity contribution is -0.135. The van der Waals surface area contributed by atoms with E-state index in [1.807, 2.05) is 11.8 Å². The van der Waals surface area contributed by atoms with E-state index in [1.165, 1.54) is 0 Å². The lowest BCUT2D eigenvalue weighted by atomic mass is 10.1. The van der Waals surface area contributed by atoms with Crippen LogP contribution >= 0.6 is 0 Å². The summed E-state index contributed by atoms with van der Waals surface area (Å²) in [5.74, 6) is 1.24. The molecule has 2 aliphatic heterocycles. The van der Waals surface area contributed by atoms with Crippen molar-refractivity contribution in [3.63, 3.8) is 0 Å². The van der Waals surface area contributed by atoms with Gasteiger partial charge in [-0.1, -0.05) is 0 Å². The first-order chi connectivity index (χ1) is 12.6. The van der Waals surface area contributed by atoms with E-state index in [1.54, 1.807) is 0 Å². The third-order valence-electron chi connectivity index (χ3n) is 6.13. The van der Waals surface area contributed by atoms with E-state index in [-0.39, 0.29) is 24.0 Å². The highest BCUT2D eigenvalue weighted by Crippen LogP contribution is 2.45. The molecular formula is C19H35N5O2. The maximum absolute atomic E-state index is 12.6. The highest BCUT2D eigenvalue weighted by Gasteiger charge is 2.42. The van der Waals surface area contributed by atoms with Crippen LogP contribution in [0.2, 0.25) is 0 Å². The number of likely N-dealkylation sites (tertiary alicyclic amines) is 1. The maximum atomic E-state index is 12.6. The lowest BCUT2D eigenvalue weighted by Gasteiger charge is -2.39.